The molecule has 31 heavy (non-hydrogen) atoms. The van der Waals surface area contributed by atoms with Gasteiger partial charge in [0.25, 0.3) is 0 Å². The molecule has 0 saturated heterocycles. The van der Waals surface area contributed by atoms with Crippen LogP contribution >= 0.6 is 6.04 Å². The Labute approximate surface area is 189 Å². The van der Waals surface area contributed by atoms with E-state index in [1.165, 1.54) is 38.1 Å². The van der Waals surface area contributed by atoms with E-state index in [2.05, 4.69) is 127 Å². The second-order valence-electron chi connectivity index (χ2n) is 7.61. The molecule has 0 bridgehead atoms. The largest absolute Gasteiger partial charge is 0.339 e. The van der Waals surface area contributed by atoms with Gasteiger partial charge in [0.15, 0.2) is 0 Å². The summed E-state index contributed by atoms with van der Waals surface area (Å²) in [6, 6.07) is 38.6. The standard InChI is InChI=1S/C28H24NPS/c1-2-29-26-21-13-12-20-25(26)27(22-14-6-3-7-15-22)28(29)30(31,23-16-8-4-9-17-23)24-18-10-5-11-19-24/h3-21H,2H2,1H3. The Morgan fingerprint density at radius 1 is 0.645 bits per heavy atom. The molecule has 0 aliphatic heterocycles. The van der Waals surface area contributed by atoms with Crippen molar-refractivity contribution in [3.8, 4) is 11.1 Å². The highest BCUT2D eigenvalue weighted by atomic mass is 32.4. The van der Waals surface area contributed by atoms with Gasteiger partial charge in [0, 0.05) is 23.0 Å². The number of benzene rings is 4. The summed E-state index contributed by atoms with van der Waals surface area (Å²) >= 11 is 6.77. The molecule has 152 valence electrons. The van der Waals surface area contributed by atoms with E-state index in [0.717, 1.165) is 6.54 Å². The topological polar surface area (TPSA) is 4.93 Å². The summed E-state index contributed by atoms with van der Waals surface area (Å²) in [5.74, 6) is 0. The normalized spacial score (nSPS) is 11.6. The van der Waals surface area contributed by atoms with E-state index in [1.807, 2.05) is 0 Å². The van der Waals surface area contributed by atoms with Gasteiger partial charge in [-0.15, -0.1) is 0 Å². The van der Waals surface area contributed by atoms with Crippen LogP contribution in [0.5, 0.6) is 0 Å². The monoisotopic (exact) mass is 437 g/mol. The summed E-state index contributed by atoms with van der Waals surface area (Å²) in [5.41, 5.74) is 5.02. The van der Waals surface area contributed by atoms with Crippen LogP contribution in [0.15, 0.2) is 115 Å². The molecule has 1 aromatic heterocycles. The lowest BCUT2D eigenvalue weighted by molar-refractivity contribution is 0.820. The van der Waals surface area contributed by atoms with Crippen LogP contribution in [0.4, 0.5) is 0 Å². The number of aryl methyl sites for hydroxylation is 1. The maximum atomic E-state index is 6.77. The van der Waals surface area contributed by atoms with Crippen LogP contribution in [0.25, 0.3) is 22.0 Å². The van der Waals surface area contributed by atoms with Crippen molar-refractivity contribution in [2.45, 2.75) is 13.5 Å². The molecule has 1 heterocycles. The second-order valence-corrected chi connectivity index (χ2v) is 11.9. The zero-order valence-electron chi connectivity index (χ0n) is 17.5. The fraction of sp³-hybridized carbons (Fsp3) is 0.0714. The third kappa shape index (κ3) is 3.28. The summed E-state index contributed by atoms with van der Waals surface area (Å²) in [4.78, 5) is 0. The Morgan fingerprint density at radius 2 is 1.13 bits per heavy atom. The summed E-state index contributed by atoms with van der Waals surface area (Å²) < 4.78 is 2.46. The first-order valence-corrected chi connectivity index (χ1v) is 13.4. The van der Waals surface area contributed by atoms with Crippen molar-refractivity contribution in [3.05, 3.63) is 115 Å². The highest BCUT2D eigenvalue weighted by molar-refractivity contribution is 8.25. The van der Waals surface area contributed by atoms with E-state index in [-0.39, 0.29) is 0 Å². The van der Waals surface area contributed by atoms with E-state index >= 15 is 0 Å². The molecule has 0 fully saturated rings. The fourth-order valence-corrected chi connectivity index (χ4v) is 8.92. The van der Waals surface area contributed by atoms with E-state index in [1.54, 1.807) is 0 Å². The Kier molecular flexibility index (Phi) is 5.36. The predicted molar refractivity (Wildman–Crippen MR) is 139 cm³/mol. The maximum Gasteiger partial charge on any atom is 0.0687 e. The van der Waals surface area contributed by atoms with Crippen LogP contribution < -0.4 is 16.0 Å². The second kappa shape index (κ2) is 8.30. The van der Waals surface area contributed by atoms with Gasteiger partial charge < -0.3 is 4.57 Å². The van der Waals surface area contributed by atoms with Gasteiger partial charge in [-0.3, -0.25) is 0 Å². The predicted octanol–water partition coefficient (Wildman–Crippen LogP) is 6.08. The van der Waals surface area contributed by atoms with E-state index in [9.17, 15) is 0 Å². The van der Waals surface area contributed by atoms with Gasteiger partial charge in [0.1, 0.15) is 0 Å². The molecule has 0 atom stereocenters. The molecule has 0 aliphatic carbocycles. The average molecular weight is 438 g/mol. The van der Waals surface area contributed by atoms with Crippen LogP contribution in [0.2, 0.25) is 0 Å². The summed E-state index contributed by atoms with van der Waals surface area (Å²) in [5, 5.41) is 3.73. The Hall–Kier alpha value is -2.93. The molecule has 5 aromatic rings. The van der Waals surface area contributed by atoms with Gasteiger partial charge >= 0.3 is 0 Å². The van der Waals surface area contributed by atoms with Crippen molar-refractivity contribution in [2.75, 3.05) is 0 Å². The third-order valence-corrected chi connectivity index (χ3v) is 10.8. The smallest absolute Gasteiger partial charge is 0.0687 e. The molecule has 0 unspecified atom stereocenters. The van der Waals surface area contributed by atoms with Gasteiger partial charge in [-0.25, -0.2) is 0 Å². The minimum Gasteiger partial charge on any atom is -0.339 e. The Bertz CT molecular complexity index is 1330. The summed E-state index contributed by atoms with van der Waals surface area (Å²) in [6.45, 7) is 3.10. The number of hydrogen-bond donors (Lipinski definition) is 0. The molecule has 0 spiro atoms. The fourth-order valence-electron chi connectivity index (χ4n) is 4.50. The van der Waals surface area contributed by atoms with Gasteiger partial charge in [-0.1, -0.05) is 121 Å². The number of fused-ring (bicyclic) bond motifs is 1. The molecule has 0 aliphatic rings. The van der Waals surface area contributed by atoms with Crippen molar-refractivity contribution >= 4 is 44.8 Å². The van der Waals surface area contributed by atoms with E-state index in [4.69, 9.17) is 11.8 Å². The zero-order valence-corrected chi connectivity index (χ0v) is 19.2. The van der Waals surface area contributed by atoms with Crippen LogP contribution in [0.1, 0.15) is 6.92 Å². The van der Waals surface area contributed by atoms with Crippen LogP contribution in [0, 0.1) is 0 Å². The van der Waals surface area contributed by atoms with Crippen LogP contribution in [-0.4, -0.2) is 4.57 Å². The average Bonchev–Trinajstić information content (AvgIpc) is 3.20. The first-order valence-electron chi connectivity index (χ1n) is 10.6. The number of para-hydroxylation sites is 1. The minimum absolute atomic E-state index is 0.876. The molecule has 1 nitrogen and oxygen atoms in total. The maximum absolute atomic E-state index is 6.77. The van der Waals surface area contributed by atoms with Crippen molar-refractivity contribution in [2.24, 2.45) is 0 Å². The van der Waals surface area contributed by atoms with Gasteiger partial charge in [-0.05, 0) is 29.2 Å². The lowest BCUT2D eigenvalue weighted by Crippen LogP contribution is -2.30. The quantitative estimate of drug-likeness (QED) is 0.302. The van der Waals surface area contributed by atoms with Crippen molar-refractivity contribution in [1.29, 1.82) is 0 Å². The zero-order chi connectivity index (χ0) is 21.3. The molecule has 0 amide bonds. The first-order chi connectivity index (χ1) is 15.2. The number of aromatic nitrogens is 1. The molecule has 0 radical (unpaired) electrons. The van der Waals surface area contributed by atoms with E-state index < -0.39 is 6.04 Å². The van der Waals surface area contributed by atoms with Crippen molar-refractivity contribution in [3.63, 3.8) is 0 Å². The van der Waals surface area contributed by atoms with Crippen LogP contribution in [0.3, 0.4) is 0 Å². The first kappa shape index (κ1) is 20.0. The highest BCUT2D eigenvalue weighted by Gasteiger charge is 2.32. The molecule has 0 saturated carbocycles. The minimum atomic E-state index is -2.31. The van der Waals surface area contributed by atoms with Gasteiger partial charge in [0.05, 0.1) is 11.5 Å². The van der Waals surface area contributed by atoms with E-state index in [0.29, 0.717) is 0 Å². The SMILES string of the molecule is CCn1c(P(=S)(c2ccccc2)c2ccccc2)c(-c2ccccc2)c2ccccc21. The number of hydrogen-bond acceptors (Lipinski definition) is 1. The highest BCUT2D eigenvalue weighted by Crippen LogP contribution is 2.48. The summed E-state index contributed by atoms with van der Waals surface area (Å²) in [7, 11) is 0. The van der Waals surface area contributed by atoms with Crippen molar-refractivity contribution < 1.29 is 0 Å². The molecule has 3 heteroatoms. The van der Waals surface area contributed by atoms with Crippen molar-refractivity contribution in [1.82, 2.24) is 4.57 Å². The van der Waals surface area contributed by atoms with Gasteiger partial charge in [0.2, 0.25) is 0 Å². The molecule has 5 rings (SSSR count). The Morgan fingerprint density at radius 3 is 1.68 bits per heavy atom. The molecular formula is C28H24NPS. The molecular weight excluding hydrogens is 413 g/mol. The van der Waals surface area contributed by atoms with Gasteiger partial charge in [-0.2, -0.15) is 0 Å². The lowest BCUT2D eigenvalue weighted by atomic mass is 10.1. The lowest BCUT2D eigenvalue weighted by Gasteiger charge is -2.27. The number of nitrogens with zero attached hydrogens (tertiary/aromatic N) is 1. The molecule has 4 aromatic carbocycles. The number of rotatable bonds is 5. The summed E-state index contributed by atoms with van der Waals surface area (Å²) in [6.07, 6.45) is 0. The van der Waals surface area contributed by atoms with Crippen LogP contribution in [-0.2, 0) is 18.4 Å². The third-order valence-electron chi connectivity index (χ3n) is 5.86. The Balaban J connectivity index is 1.98. The molecule has 0 N–H and O–H groups in total.